The molecule has 3 nitrogen and oxygen atoms in total. The highest BCUT2D eigenvalue weighted by Gasteiger charge is 2.09. The molecule has 0 aliphatic heterocycles. The van der Waals surface area contributed by atoms with Crippen molar-refractivity contribution in [3.05, 3.63) is 53.2 Å². The third-order valence-electron chi connectivity index (χ3n) is 2.56. The van der Waals surface area contributed by atoms with Gasteiger partial charge in [0.05, 0.1) is 6.26 Å². The third-order valence-corrected chi connectivity index (χ3v) is 3.75. The Morgan fingerprint density at radius 1 is 1.44 bits per heavy atom. The highest BCUT2D eigenvalue weighted by atomic mass is 32.2. The molecule has 0 bridgehead atoms. The Balaban J connectivity index is 2.19. The lowest BCUT2D eigenvalue weighted by Crippen LogP contribution is -2.13. The number of benzene rings is 1. The molecule has 0 amide bonds. The van der Waals surface area contributed by atoms with Crippen LogP contribution in [0, 0.1) is 18.2 Å². The smallest absolute Gasteiger partial charge is 0.123 e. The van der Waals surface area contributed by atoms with Crippen LogP contribution in [0.1, 0.15) is 16.9 Å². The monoisotopic (exact) mass is 264 g/mol. The molecule has 3 N–H and O–H groups in total. The molecule has 94 valence electrons. The van der Waals surface area contributed by atoms with Gasteiger partial charge < -0.3 is 10.2 Å². The standard InChI is InChI=1S/C13H13FN2OS/c1-8-12(4-5-17-8)18-7-9-2-3-10(14)6-11(9)13(15)16/h2-6H,7H2,1H3,(H3,15,16). The number of thioether (sulfide) groups is 1. The highest BCUT2D eigenvalue weighted by molar-refractivity contribution is 7.98. The zero-order chi connectivity index (χ0) is 13.1. The first-order valence-corrected chi connectivity index (χ1v) is 6.36. The number of nitrogens with two attached hydrogens (primary N) is 1. The van der Waals surface area contributed by atoms with E-state index in [0.717, 1.165) is 16.2 Å². The van der Waals surface area contributed by atoms with Crippen molar-refractivity contribution in [1.82, 2.24) is 0 Å². The number of amidine groups is 1. The van der Waals surface area contributed by atoms with Gasteiger partial charge in [-0.2, -0.15) is 0 Å². The Bertz CT molecular complexity index is 580. The van der Waals surface area contributed by atoms with Gasteiger partial charge in [0.1, 0.15) is 17.4 Å². The summed E-state index contributed by atoms with van der Waals surface area (Å²) in [5, 5.41) is 7.45. The van der Waals surface area contributed by atoms with Crippen LogP contribution < -0.4 is 5.73 Å². The molecule has 2 aromatic rings. The first-order valence-electron chi connectivity index (χ1n) is 5.37. The van der Waals surface area contributed by atoms with E-state index in [0.29, 0.717) is 11.3 Å². The summed E-state index contributed by atoms with van der Waals surface area (Å²) in [6.45, 7) is 1.89. The number of nitrogen functional groups attached to an aromatic ring is 1. The Morgan fingerprint density at radius 3 is 2.83 bits per heavy atom. The van der Waals surface area contributed by atoms with E-state index in [4.69, 9.17) is 15.6 Å². The second kappa shape index (κ2) is 5.27. The molecule has 5 heteroatoms. The lowest BCUT2D eigenvalue weighted by molar-refractivity contribution is 0.527. The van der Waals surface area contributed by atoms with Gasteiger partial charge in [-0.1, -0.05) is 6.07 Å². The van der Waals surface area contributed by atoms with Crippen LogP contribution in [0.15, 0.2) is 39.8 Å². The number of furan rings is 1. The fraction of sp³-hybridized carbons (Fsp3) is 0.154. The first-order chi connectivity index (χ1) is 8.58. The van der Waals surface area contributed by atoms with E-state index in [1.54, 1.807) is 24.1 Å². The fourth-order valence-corrected chi connectivity index (χ4v) is 2.57. The largest absolute Gasteiger partial charge is 0.468 e. The second-order valence-electron chi connectivity index (χ2n) is 3.84. The van der Waals surface area contributed by atoms with Crippen LogP contribution in [0.4, 0.5) is 4.39 Å². The van der Waals surface area contributed by atoms with Crippen molar-refractivity contribution in [1.29, 1.82) is 5.41 Å². The molecule has 1 heterocycles. The van der Waals surface area contributed by atoms with Crippen molar-refractivity contribution in [3.63, 3.8) is 0 Å². The van der Waals surface area contributed by atoms with Crippen LogP contribution in [0.5, 0.6) is 0 Å². The molecule has 0 fully saturated rings. The average molecular weight is 264 g/mol. The van der Waals surface area contributed by atoms with Gasteiger partial charge in [-0.25, -0.2) is 4.39 Å². The van der Waals surface area contributed by atoms with Crippen molar-refractivity contribution < 1.29 is 8.81 Å². The number of nitrogens with one attached hydrogen (secondary N) is 1. The third kappa shape index (κ3) is 2.73. The zero-order valence-electron chi connectivity index (χ0n) is 9.87. The van der Waals surface area contributed by atoms with Crippen LogP contribution >= 0.6 is 11.8 Å². The van der Waals surface area contributed by atoms with Crippen molar-refractivity contribution >= 4 is 17.6 Å². The lowest BCUT2D eigenvalue weighted by atomic mass is 10.1. The summed E-state index contributed by atoms with van der Waals surface area (Å²) in [6, 6.07) is 6.22. The van der Waals surface area contributed by atoms with Gasteiger partial charge in [0, 0.05) is 16.2 Å². The molecule has 0 aliphatic carbocycles. The van der Waals surface area contributed by atoms with Crippen LogP contribution in [-0.4, -0.2) is 5.84 Å². The number of halogens is 1. The summed E-state index contributed by atoms with van der Waals surface area (Å²) in [7, 11) is 0. The van der Waals surface area contributed by atoms with Gasteiger partial charge in [-0.3, -0.25) is 5.41 Å². The average Bonchev–Trinajstić information content (AvgIpc) is 2.73. The Labute approximate surface area is 109 Å². The molecule has 0 saturated heterocycles. The van der Waals surface area contributed by atoms with E-state index < -0.39 is 0 Å². The first kappa shape index (κ1) is 12.7. The maximum absolute atomic E-state index is 13.1. The van der Waals surface area contributed by atoms with Crippen molar-refractivity contribution in [2.24, 2.45) is 5.73 Å². The SMILES string of the molecule is Cc1occc1SCc1ccc(F)cc1C(=N)N. The predicted octanol–water partition coefficient (Wildman–Crippen LogP) is 3.30. The molecule has 0 radical (unpaired) electrons. The van der Waals surface area contributed by atoms with E-state index in [2.05, 4.69) is 0 Å². The minimum Gasteiger partial charge on any atom is -0.468 e. The normalized spacial score (nSPS) is 10.6. The van der Waals surface area contributed by atoms with Gasteiger partial charge in [0.15, 0.2) is 0 Å². The van der Waals surface area contributed by atoms with Crippen molar-refractivity contribution in [3.8, 4) is 0 Å². The van der Waals surface area contributed by atoms with E-state index in [-0.39, 0.29) is 11.7 Å². The topological polar surface area (TPSA) is 63.0 Å². The molecule has 0 saturated carbocycles. The maximum atomic E-state index is 13.1. The molecular weight excluding hydrogens is 251 g/mol. The van der Waals surface area contributed by atoms with Crippen LogP contribution in [0.2, 0.25) is 0 Å². The summed E-state index contributed by atoms with van der Waals surface area (Å²) < 4.78 is 18.3. The minimum absolute atomic E-state index is 0.117. The Kier molecular flexibility index (Phi) is 3.72. The number of hydrogen-bond acceptors (Lipinski definition) is 3. The van der Waals surface area contributed by atoms with Crippen LogP contribution in [-0.2, 0) is 5.75 Å². The summed E-state index contributed by atoms with van der Waals surface area (Å²) in [4.78, 5) is 1.04. The molecule has 0 atom stereocenters. The van der Waals surface area contributed by atoms with Gasteiger partial charge in [0.25, 0.3) is 0 Å². The molecule has 18 heavy (non-hydrogen) atoms. The van der Waals surface area contributed by atoms with Crippen molar-refractivity contribution in [2.45, 2.75) is 17.6 Å². The Morgan fingerprint density at radius 2 is 2.22 bits per heavy atom. The van der Waals surface area contributed by atoms with E-state index in [1.807, 2.05) is 13.0 Å². The van der Waals surface area contributed by atoms with Crippen LogP contribution in [0.25, 0.3) is 0 Å². The van der Waals surface area contributed by atoms with Crippen LogP contribution in [0.3, 0.4) is 0 Å². The quantitative estimate of drug-likeness (QED) is 0.506. The molecule has 0 aliphatic rings. The van der Waals surface area contributed by atoms with E-state index in [9.17, 15) is 4.39 Å². The predicted molar refractivity (Wildman–Crippen MR) is 70.4 cm³/mol. The lowest BCUT2D eigenvalue weighted by Gasteiger charge is -2.07. The second-order valence-corrected chi connectivity index (χ2v) is 4.86. The number of hydrogen-bond donors (Lipinski definition) is 2. The summed E-state index contributed by atoms with van der Waals surface area (Å²) in [5.41, 5.74) is 6.74. The molecule has 0 unspecified atom stereocenters. The summed E-state index contributed by atoms with van der Waals surface area (Å²) in [6.07, 6.45) is 1.63. The van der Waals surface area contributed by atoms with Gasteiger partial charge in [-0.15, -0.1) is 11.8 Å². The van der Waals surface area contributed by atoms with Gasteiger partial charge >= 0.3 is 0 Å². The highest BCUT2D eigenvalue weighted by Crippen LogP contribution is 2.28. The van der Waals surface area contributed by atoms with Crippen molar-refractivity contribution in [2.75, 3.05) is 0 Å². The fourth-order valence-electron chi connectivity index (χ4n) is 1.60. The maximum Gasteiger partial charge on any atom is 0.123 e. The zero-order valence-corrected chi connectivity index (χ0v) is 10.7. The molecule has 2 rings (SSSR count). The van der Waals surface area contributed by atoms with Gasteiger partial charge in [0.2, 0.25) is 0 Å². The number of aryl methyl sites for hydroxylation is 1. The molecule has 1 aromatic heterocycles. The summed E-state index contributed by atoms with van der Waals surface area (Å²) >= 11 is 1.58. The minimum atomic E-state index is -0.381. The van der Waals surface area contributed by atoms with E-state index >= 15 is 0 Å². The number of rotatable bonds is 4. The van der Waals surface area contributed by atoms with Gasteiger partial charge in [-0.05, 0) is 30.7 Å². The molecule has 0 spiro atoms. The summed E-state index contributed by atoms with van der Waals surface area (Å²) in [5.74, 6) is 0.976. The molecule has 1 aromatic carbocycles. The Hall–Kier alpha value is -1.75. The molecular formula is C13H13FN2OS. The van der Waals surface area contributed by atoms with E-state index in [1.165, 1.54) is 12.1 Å².